The summed E-state index contributed by atoms with van der Waals surface area (Å²) in [4.78, 5) is 32.6. The summed E-state index contributed by atoms with van der Waals surface area (Å²) in [6, 6.07) is 10.5. The molecule has 0 bridgehead atoms. The average molecular weight is 375 g/mol. The van der Waals surface area contributed by atoms with Gasteiger partial charge in [0.25, 0.3) is 5.91 Å². The molecule has 140 valence electrons. The van der Waals surface area contributed by atoms with Crippen LogP contribution in [0, 0.1) is 0 Å². The van der Waals surface area contributed by atoms with Gasteiger partial charge in [-0.25, -0.2) is 9.67 Å². The highest BCUT2D eigenvalue weighted by Gasteiger charge is 2.14. The van der Waals surface area contributed by atoms with E-state index in [9.17, 15) is 9.59 Å². The number of aromatic amines is 1. The first-order valence-electron chi connectivity index (χ1n) is 8.59. The Bertz CT molecular complexity index is 1200. The van der Waals surface area contributed by atoms with Crippen LogP contribution >= 0.6 is 0 Å². The second-order valence-corrected chi connectivity index (χ2v) is 6.06. The average Bonchev–Trinajstić information content (AvgIpc) is 3.27. The van der Waals surface area contributed by atoms with Crippen LogP contribution in [0.25, 0.3) is 16.7 Å². The van der Waals surface area contributed by atoms with E-state index in [1.54, 1.807) is 60.7 Å². The first-order chi connectivity index (χ1) is 13.7. The van der Waals surface area contributed by atoms with E-state index < -0.39 is 5.91 Å². The van der Waals surface area contributed by atoms with E-state index in [2.05, 4.69) is 20.4 Å². The minimum absolute atomic E-state index is 0.0437. The maximum atomic E-state index is 12.7. The highest BCUT2D eigenvalue weighted by molar-refractivity contribution is 5.97. The van der Waals surface area contributed by atoms with Crippen LogP contribution in [-0.2, 0) is 6.54 Å². The molecule has 0 unspecified atom stereocenters. The van der Waals surface area contributed by atoms with Gasteiger partial charge in [0.05, 0.1) is 12.6 Å². The molecule has 1 aromatic carbocycles. The fraction of sp³-hybridized carbons (Fsp3) is 0.100. The van der Waals surface area contributed by atoms with Crippen LogP contribution in [-0.4, -0.2) is 32.8 Å². The van der Waals surface area contributed by atoms with Gasteiger partial charge >= 0.3 is 0 Å². The van der Waals surface area contributed by atoms with Crippen molar-refractivity contribution in [2.24, 2.45) is 0 Å². The highest BCUT2D eigenvalue weighted by atomic mass is 16.5. The SMILES string of the molecule is COc1ccc2c(=O)c(C(=O)NCc3cccnc3-n3cccn3)c[nH]c2c1. The fourth-order valence-corrected chi connectivity index (χ4v) is 2.94. The minimum Gasteiger partial charge on any atom is -0.497 e. The molecule has 8 nitrogen and oxygen atoms in total. The van der Waals surface area contributed by atoms with Gasteiger partial charge in [0.2, 0.25) is 5.43 Å². The number of H-pyrrole nitrogens is 1. The second-order valence-electron chi connectivity index (χ2n) is 6.06. The second kappa shape index (κ2) is 7.36. The van der Waals surface area contributed by atoms with Gasteiger partial charge in [-0.1, -0.05) is 6.07 Å². The molecule has 0 spiro atoms. The predicted octanol–water partition coefficient (Wildman–Crippen LogP) is 2.05. The molecule has 0 saturated carbocycles. The van der Waals surface area contributed by atoms with Gasteiger partial charge in [-0.3, -0.25) is 9.59 Å². The number of aromatic nitrogens is 4. The number of rotatable bonds is 5. The Balaban J connectivity index is 1.58. The van der Waals surface area contributed by atoms with Gasteiger partial charge in [-0.2, -0.15) is 5.10 Å². The summed E-state index contributed by atoms with van der Waals surface area (Å²) in [6.07, 6.45) is 6.50. The third-order valence-electron chi connectivity index (χ3n) is 4.36. The van der Waals surface area contributed by atoms with Crippen molar-refractivity contribution in [2.45, 2.75) is 6.54 Å². The zero-order valence-electron chi connectivity index (χ0n) is 15.0. The number of carbonyl (C=O) groups excluding carboxylic acids is 1. The molecule has 0 fully saturated rings. The first-order valence-corrected chi connectivity index (χ1v) is 8.59. The summed E-state index contributed by atoms with van der Waals surface area (Å²) in [5.74, 6) is 0.782. The van der Waals surface area contributed by atoms with E-state index in [1.807, 2.05) is 6.07 Å². The molecule has 28 heavy (non-hydrogen) atoms. The number of fused-ring (bicyclic) bond motifs is 1. The molecule has 3 heterocycles. The topological polar surface area (TPSA) is 102 Å². The van der Waals surface area contributed by atoms with Crippen molar-refractivity contribution in [1.29, 1.82) is 0 Å². The highest BCUT2D eigenvalue weighted by Crippen LogP contribution is 2.17. The zero-order chi connectivity index (χ0) is 19.5. The van der Waals surface area contributed by atoms with Gasteiger partial charge in [0, 0.05) is 48.3 Å². The van der Waals surface area contributed by atoms with Crippen molar-refractivity contribution in [3.05, 3.63) is 82.5 Å². The summed E-state index contributed by atoms with van der Waals surface area (Å²) in [7, 11) is 1.55. The van der Waals surface area contributed by atoms with E-state index in [0.29, 0.717) is 22.5 Å². The summed E-state index contributed by atoms with van der Waals surface area (Å²) < 4.78 is 6.78. The Morgan fingerprint density at radius 3 is 2.93 bits per heavy atom. The maximum absolute atomic E-state index is 12.7. The third kappa shape index (κ3) is 3.23. The quantitative estimate of drug-likeness (QED) is 0.556. The lowest BCUT2D eigenvalue weighted by atomic mass is 10.1. The fourth-order valence-electron chi connectivity index (χ4n) is 2.94. The van der Waals surface area contributed by atoms with Gasteiger partial charge in [0.15, 0.2) is 5.82 Å². The standard InChI is InChI=1S/C20H17N5O3/c1-28-14-5-6-15-17(10-14)22-12-16(18(15)26)20(27)23-11-13-4-2-7-21-19(13)25-9-3-8-24-25/h2-10,12H,11H2,1H3,(H,22,26)(H,23,27). The molecule has 0 radical (unpaired) electrons. The normalized spacial score (nSPS) is 10.8. The Hall–Kier alpha value is -3.94. The lowest BCUT2D eigenvalue weighted by Crippen LogP contribution is -2.29. The van der Waals surface area contributed by atoms with Crippen molar-refractivity contribution in [3.8, 4) is 11.6 Å². The number of hydrogen-bond donors (Lipinski definition) is 2. The van der Waals surface area contributed by atoms with Crippen LogP contribution in [0.15, 0.2) is 66.0 Å². The molecule has 4 rings (SSSR count). The van der Waals surface area contributed by atoms with Gasteiger partial charge < -0.3 is 15.0 Å². The number of carbonyl (C=O) groups is 1. The molecular weight excluding hydrogens is 358 g/mol. The smallest absolute Gasteiger partial charge is 0.257 e. The van der Waals surface area contributed by atoms with Crippen LogP contribution in [0.5, 0.6) is 5.75 Å². The van der Waals surface area contributed by atoms with Gasteiger partial charge in [0.1, 0.15) is 11.3 Å². The number of nitrogens with one attached hydrogen (secondary N) is 2. The Morgan fingerprint density at radius 2 is 2.14 bits per heavy atom. The molecule has 8 heteroatoms. The van der Waals surface area contributed by atoms with Crippen molar-refractivity contribution in [3.63, 3.8) is 0 Å². The molecule has 4 aromatic rings. The number of ether oxygens (including phenoxy) is 1. The van der Waals surface area contributed by atoms with Crippen molar-refractivity contribution in [2.75, 3.05) is 7.11 Å². The molecule has 0 aliphatic rings. The van der Waals surface area contributed by atoms with Crippen LogP contribution in [0.2, 0.25) is 0 Å². The number of pyridine rings is 2. The Labute approximate surface area is 159 Å². The number of amides is 1. The summed E-state index contributed by atoms with van der Waals surface area (Å²) in [5.41, 5.74) is 1.09. The Morgan fingerprint density at radius 1 is 1.25 bits per heavy atom. The molecular formula is C20H17N5O3. The molecule has 2 N–H and O–H groups in total. The van der Waals surface area contributed by atoms with E-state index in [1.165, 1.54) is 6.20 Å². The van der Waals surface area contributed by atoms with Crippen molar-refractivity contribution >= 4 is 16.8 Å². The maximum Gasteiger partial charge on any atom is 0.257 e. The monoisotopic (exact) mass is 375 g/mol. The summed E-state index contributed by atoms with van der Waals surface area (Å²) >= 11 is 0. The van der Waals surface area contributed by atoms with Crippen molar-refractivity contribution in [1.82, 2.24) is 25.1 Å². The summed E-state index contributed by atoms with van der Waals surface area (Å²) in [5, 5.41) is 7.38. The Kier molecular flexibility index (Phi) is 4.59. The van der Waals surface area contributed by atoms with E-state index >= 15 is 0 Å². The molecule has 3 aromatic heterocycles. The predicted molar refractivity (Wildman–Crippen MR) is 104 cm³/mol. The summed E-state index contributed by atoms with van der Waals surface area (Å²) in [6.45, 7) is 0.210. The van der Waals surface area contributed by atoms with Crippen LogP contribution < -0.4 is 15.5 Å². The number of benzene rings is 1. The van der Waals surface area contributed by atoms with Gasteiger partial charge in [-0.05, 0) is 24.3 Å². The van der Waals surface area contributed by atoms with E-state index in [4.69, 9.17) is 4.74 Å². The zero-order valence-corrected chi connectivity index (χ0v) is 15.0. The van der Waals surface area contributed by atoms with Crippen LogP contribution in [0.4, 0.5) is 0 Å². The number of nitrogens with zero attached hydrogens (tertiary/aromatic N) is 3. The molecule has 0 aliphatic heterocycles. The molecule has 0 atom stereocenters. The van der Waals surface area contributed by atoms with E-state index in [-0.39, 0.29) is 17.5 Å². The lowest BCUT2D eigenvalue weighted by Gasteiger charge is -2.10. The van der Waals surface area contributed by atoms with Gasteiger partial charge in [-0.15, -0.1) is 0 Å². The number of methoxy groups -OCH3 is 1. The molecule has 1 amide bonds. The third-order valence-corrected chi connectivity index (χ3v) is 4.36. The lowest BCUT2D eigenvalue weighted by molar-refractivity contribution is 0.0949. The molecule has 0 aliphatic carbocycles. The largest absolute Gasteiger partial charge is 0.497 e. The number of hydrogen-bond acceptors (Lipinski definition) is 5. The van der Waals surface area contributed by atoms with Crippen LogP contribution in [0.3, 0.4) is 0 Å². The van der Waals surface area contributed by atoms with Crippen molar-refractivity contribution < 1.29 is 9.53 Å². The van der Waals surface area contributed by atoms with E-state index in [0.717, 1.165) is 5.56 Å². The van der Waals surface area contributed by atoms with Crippen LogP contribution in [0.1, 0.15) is 15.9 Å². The first kappa shape index (κ1) is 17.5. The molecule has 0 saturated heterocycles. The minimum atomic E-state index is -0.464.